The number of hydrogen-bond donors (Lipinski definition) is 1. The van der Waals surface area contributed by atoms with Gasteiger partial charge in [-0.1, -0.05) is 25.0 Å². The van der Waals surface area contributed by atoms with Crippen molar-refractivity contribution in [3.05, 3.63) is 29.8 Å². The Morgan fingerprint density at radius 3 is 2.90 bits per heavy atom. The van der Waals surface area contributed by atoms with E-state index in [1.807, 2.05) is 19.1 Å². The predicted octanol–water partition coefficient (Wildman–Crippen LogP) is 3.58. The lowest BCUT2D eigenvalue weighted by atomic mass is 9.90. The molecule has 1 saturated heterocycles. The van der Waals surface area contributed by atoms with Gasteiger partial charge in [-0.15, -0.1) is 0 Å². The third-order valence-corrected chi connectivity index (χ3v) is 4.65. The average molecular weight is 275 g/mol. The van der Waals surface area contributed by atoms with Crippen molar-refractivity contribution in [3.63, 3.8) is 0 Å². The summed E-state index contributed by atoms with van der Waals surface area (Å²) < 4.78 is 12.3. The first-order valence-electron chi connectivity index (χ1n) is 7.83. The summed E-state index contributed by atoms with van der Waals surface area (Å²) in [4.78, 5) is 0. The van der Waals surface area contributed by atoms with Gasteiger partial charge in [0.15, 0.2) is 0 Å². The maximum atomic E-state index is 6.20. The summed E-state index contributed by atoms with van der Waals surface area (Å²) in [5, 5.41) is 0. The molecule has 0 bridgehead atoms. The first-order chi connectivity index (χ1) is 9.67. The minimum Gasteiger partial charge on any atom is -0.490 e. The van der Waals surface area contributed by atoms with Crippen LogP contribution in [0.5, 0.6) is 5.75 Å². The van der Waals surface area contributed by atoms with Crippen molar-refractivity contribution in [1.29, 1.82) is 0 Å². The quantitative estimate of drug-likeness (QED) is 0.917. The van der Waals surface area contributed by atoms with Gasteiger partial charge < -0.3 is 15.2 Å². The highest BCUT2D eigenvalue weighted by atomic mass is 16.5. The molecule has 20 heavy (non-hydrogen) atoms. The third-order valence-electron chi connectivity index (χ3n) is 4.65. The van der Waals surface area contributed by atoms with Crippen LogP contribution >= 0.6 is 0 Å². The zero-order valence-corrected chi connectivity index (χ0v) is 12.3. The molecule has 2 fully saturated rings. The summed E-state index contributed by atoms with van der Waals surface area (Å²) in [5.41, 5.74) is 7.18. The van der Waals surface area contributed by atoms with E-state index in [2.05, 4.69) is 12.1 Å². The molecule has 1 aliphatic heterocycles. The lowest BCUT2D eigenvalue weighted by molar-refractivity contribution is -0.108. The van der Waals surface area contributed by atoms with Gasteiger partial charge in [0.2, 0.25) is 0 Å². The van der Waals surface area contributed by atoms with Crippen LogP contribution in [0.25, 0.3) is 0 Å². The van der Waals surface area contributed by atoms with E-state index in [9.17, 15) is 0 Å². The van der Waals surface area contributed by atoms with Crippen molar-refractivity contribution in [2.75, 3.05) is 6.61 Å². The molecule has 2 aliphatic rings. The Morgan fingerprint density at radius 1 is 1.35 bits per heavy atom. The lowest BCUT2D eigenvalue weighted by Gasteiger charge is -2.38. The SMILES string of the molecule is CC(N)c1cccc(OC2CCOC3(CCCC3)C2)c1. The molecule has 1 saturated carbocycles. The normalized spacial score (nSPS) is 26.6. The van der Waals surface area contributed by atoms with Crippen LogP contribution in [0.15, 0.2) is 24.3 Å². The molecular weight excluding hydrogens is 250 g/mol. The molecule has 0 aromatic heterocycles. The molecule has 1 aliphatic carbocycles. The zero-order valence-electron chi connectivity index (χ0n) is 12.3. The summed E-state index contributed by atoms with van der Waals surface area (Å²) in [6, 6.07) is 8.23. The maximum absolute atomic E-state index is 6.20. The van der Waals surface area contributed by atoms with Crippen LogP contribution < -0.4 is 10.5 Å². The highest BCUT2D eigenvalue weighted by Gasteiger charge is 2.40. The summed E-state index contributed by atoms with van der Waals surface area (Å²) >= 11 is 0. The van der Waals surface area contributed by atoms with E-state index in [1.165, 1.54) is 25.7 Å². The molecule has 3 heteroatoms. The van der Waals surface area contributed by atoms with Crippen LogP contribution in [0, 0.1) is 0 Å². The molecule has 1 heterocycles. The monoisotopic (exact) mass is 275 g/mol. The molecule has 1 aromatic carbocycles. The molecule has 0 amide bonds. The molecule has 1 aromatic rings. The van der Waals surface area contributed by atoms with E-state index in [1.54, 1.807) is 0 Å². The molecule has 0 radical (unpaired) electrons. The second-order valence-electron chi connectivity index (χ2n) is 6.33. The summed E-state index contributed by atoms with van der Waals surface area (Å²) in [7, 11) is 0. The Balaban J connectivity index is 1.66. The Morgan fingerprint density at radius 2 is 2.15 bits per heavy atom. The fourth-order valence-corrected chi connectivity index (χ4v) is 3.51. The molecule has 1 spiro atoms. The smallest absolute Gasteiger partial charge is 0.120 e. The second kappa shape index (κ2) is 5.74. The highest BCUT2D eigenvalue weighted by Crippen LogP contribution is 2.40. The van der Waals surface area contributed by atoms with E-state index < -0.39 is 0 Å². The maximum Gasteiger partial charge on any atom is 0.120 e. The van der Waals surface area contributed by atoms with Gasteiger partial charge >= 0.3 is 0 Å². The number of rotatable bonds is 3. The van der Waals surface area contributed by atoms with Gasteiger partial charge in [-0.05, 0) is 37.5 Å². The van der Waals surface area contributed by atoms with E-state index in [0.29, 0.717) is 0 Å². The molecule has 110 valence electrons. The van der Waals surface area contributed by atoms with Gasteiger partial charge in [0.05, 0.1) is 12.2 Å². The van der Waals surface area contributed by atoms with Gasteiger partial charge in [-0.3, -0.25) is 0 Å². The molecule has 2 N–H and O–H groups in total. The van der Waals surface area contributed by atoms with Gasteiger partial charge in [-0.25, -0.2) is 0 Å². The standard InChI is InChI=1S/C17H25NO2/c1-13(18)14-5-4-6-15(11-14)20-16-7-10-19-17(12-16)8-2-3-9-17/h4-6,11,13,16H,2-3,7-10,12,18H2,1H3. The fraction of sp³-hybridized carbons (Fsp3) is 0.647. The largest absolute Gasteiger partial charge is 0.490 e. The van der Waals surface area contributed by atoms with Gasteiger partial charge in [0, 0.05) is 18.9 Å². The van der Waals surface area contributed by atoms with Crippen molar-refractivity contribution in [2.45, 2.75) is 63.2 Å². The molecule has 3 nitrogen and oxygen atoms in total. The summed E-state index contributed by atoms with van der Waals surface area (Å²) in [5.74, 6) is 0.944. The Bertz CT molecular complexity index is 452. The van der Waals surface area contributed by atoms with Gasteiger partial charge in [-0.2, -0.15) is 0 Å². The summed E-state index contributed by atoms with van der Waals surface area (Å²) in [6.07, 6.45) is 7.31. The number of ether oxygens (including phenoxy) is 2. The van der Waals surface area contributed by atoms with Gasteiger partial charge in [0.25, 0.3) is 0 Å². The van der Waals surface area contributed by atoms with Crippen molar-refractivity contribution >= 4 is 0 Å². The van der Waals surface area contributed by atoms with E-state index >= 15 is 0 Å². The van der Waals surface area contributed by atoms with Crippen LogP contribution in [0.4, 0.5) is 0 Å². The Hall–Kier alpha value is -1.06. The Labute approximate surface area is 121 Å². The first kappa shape index (κ1) is 13.9. The van der Waals surface area contributed by atoms with Gasteiger partial charge in [0.1, 0.15) is 11.9 Å². The van der Waals surface area contributed by atoms with E-state index in [0.717, 1.165) is 30.8 Å². The minimum absolute atomic E-state index is 0.0504. The first-order valence-corrected chi connectivity index (χ1v) is 7.83. The highest BCUT2D eigenvalue weighted by molar-refractivity contribution is 5.30. The van der Waals surface area contributed by atoms with Crippen LogP contribution in [0.2, 0.25) is 0 Å². The van der Waals surface area contributed by atoms with Crippen molar-refractivity contribution in [3.8, 4) is 5.75 Å². The lowest BCUT2D eigenvalue weighted by Crippen LogP contribution is -2.41. The fourth-order valence-electron chi connectivity index (χ4n) is 3.51. The minimum atomic E-state index is 0.0504. The van der Waals surface area contributed by atoms with E-state index in [4.69, 9.17) is 15.2 Å². The van der Waals surface area contributed by atoms with Crippen molar-refractivity contribution in [2.24, 2.45) is 5.73 Å². The van der Waals surface area contributed by atoms with Crippen LogP contribution in [0.3, 0.4) is 0 Å². The molecule has 3 rings (SSSR count). The Kier molecular flexibility index (Phi) is 3.99. The van der Waals surface area contributed by atoms with Crippen LogP contribution in [-0.4, -0.2) is 18.3 Å². The predicted molar refractivity (Wildman–Crippen MR) is 79.8 cm³/mol. The van der Waals surface area contributed by atoms with Crippen molar-refractivity contribution < 1.29 is 9.47 Å². The average Bonchev–Trinajstić information content (AvgIpc) is 2.87. The second-order valence-corrected chi connectivity index (χ2v) is 6.33. The number of nitrogens with two attached hydrogens (primary N) is 1. The number of benzene rings is 1. The van der Waals surface area contributed by atoms with E-state index in [-0.39, 0.29) is 17.7 Å². The number of hydrogen-bond acceptors (Lipinski definition) is 3. The molecule has 2 unspecified atom stereocenters. The zero-order chi connectivity index (χ0) is 14.0. The van der Waals surface area contributed by atoms with Crippen LogP contribution in [-0.2, 0) is 4.74 Å². The molecular formula is C17H25NO2. The van der Waals surface area contributed by atoms with Crippen molar-refractivity contribution in [1.82, 2.24) is 0 Å². The summed E-state index contributed by atoms with van der Waals surface area (Å²) in [6.45, 7) is 2.83. The molecule has 2 atom stereocenters. The van der Waals surface area contributed by atoms with Crippen LogP contribution in [0.1, 0.15) is 57.1 Å². The topological polar surface area (TPSA) is 44.5 Å². The third kappa shape index (κ3) is 2.99.